The van der Waals surface area contributed by atoms with E-state index in [0.717, 1.165) is 0 Å². The highest BCUT2D eigenvalue weighted by molar-refractivity contribution is 6.35. The summed E-state index contributed by atoms with van der Waals surface area (Å²) in [4.78, 5) is 24.5. The number of nitrogens with one attached hydrogen (secondary N) is 1. The molecule has 0 heterocycles. The molecule has 0 aromatic heterocycles. The molecular weight excluding hydrogens is 365 g/mol. The minimum Gasteiger partial charge on any atom is -0.446 e. The largest absolute Gasteiger partial charge is 0.446 e. The van der Waals surface area contributed by atoms with Gasteiger partial charge in [-0.2, -0.15) is 0 Å². The van der Waals surface area contributed by atoms with Crippen molar-refractivity contribution in [2.45, 2.75) is 13.0 Å². The van der Waals surface area contributed by atoms with E-state index in [1.54, 1.807) is 55.5 Å². The Balaban J connectivity index is 2.18. The van der Waals surface area contributed by atoms with Gasteiger partial charge in [0.15, 0.2) is 0 Å². The minimum absolute atomic E-state index is 0.226. The molecule has 1 N–H and O–H groups in total. The summed E-state index contributed by atoms with van der Waals surface area (Å²) in [5.41, 5.74) is 0.947. The quantitative estimate of drug-likeness (QED) is 0.727. The van der Waals surface area contributed by atoms with Crippen molar-refractivity contribution < 1.29 is 19.1 Å². The van der Waals surface area contributed by atoms with Gasteiger partial charge < -0.3 is 14.8 Å². The van der Waals surface area contributed by atoms with Gasteiger partial charge in [0.2, 0.25) is 6.10 Å². The van der Waals surface area contributed by atoms with Gasteiger partial charge >= 0.3 is 5.97 Å². The zero-order chi connectivity index (χ0) is 18.2. The van der Waals surface area contributed by atoms with E-state index in [1.807, 2.05) is 0 Å². The second-order valence-electron chi connectivity index (χ2n) is 5.07. The van der Waals surface area contributed by atoms with E-state index in [4.69, 9.17) is 32.7 Å². The number of benzene rings is 2. The van der Waals surface area contributed by atoms with Crippen molar-refractivity contribution in [3.8, 4) is 0 Å². The molecule has 2 aromatic rings. The van der Waals surface area contributed by atoms with Gasteiger partial charge in [-0.15, -0.1) is 0 Å². The summed E-state index contributed by atoms with van der Waals surface area (Å²) in [6.07, 6.45) is -1.12. The fourth-order valence-electron chi connectivity index (χ4n) is 2.09. The minimum atomic E-state index is -1.12. The molecule has 1 atom stereocenters. The third kappa shape index (κ3) is 6.05. The van der Waals surface area contributed by atoms with E-state index in [1.165, 1.54) is 0 Å². The summed E-state index contributed by atoms with van der Waals surface area (Å²) >= 11 is 11.9. The van der Waals surface area contributed by atoms with E-state index in [9.17, 15) is 9.59 Å². The molecule has 2 rings (SSSR count). The molecular formula is C18H17Cl2NO4. The third-order valence-corrected chi connectivity index (χ3v) is 3.58. The first kappa shape index (κ1) is 19.2. The van der Waals surface area contributed by atoms with Crippen LogP contribution in [0.2, 0.25) is 10.0 Å². The van der Waals surface area contributed by atoms with Crippen molar-refractivity contribution in [2.24, 2.45) is 0 Å². The summed E-state index contributed by atoms with van der Waals surface area (Å²) in [5, 5.41) is 3.42. The molecule has 0 aliphatic carbocycles. The van der Waals surface area contributed by atoms with Crippen molar-refractivity contribution >= 4 is 40.8 Å². The first-order valence-corrected chi connectivity index (χ1v) is 8.34. The number of ether oxygens (including phenoxy) is 2. The third-order valence-electron chi connectivity index (χ3n) is 3.14. The number of esters is 1. The van der Waals surface area contributed by atoms with Crippen molar-refractivity contribution in [2.75, 3.05) is 18.5 Å². The number of halogens is 2. The van der Waals surface area contributed by atoms with Gasteiger partial charge in [0.1, 0.15) is 6.61 Å². The molecule has 0 radical (unpaired) electrons. The molecule has 5 nitrogen and oxygen atoms in total. The number of hydrogen-bond donors (Lipinski definition) is 1. The van der Waals surface area contributed by atoms with Crippen LogP contribution in [0.3, 0.4) is 0 Å². The van der Waals surface area contributed by atoms with Crippen LogP contribution in [0.1, 0.15) is 18.6 Å². The molecule has 7 heteroatoms. The summed E-state index contributed by atoms with van der Waals surface area (Å²) < 4.78 is 10.3. The van der Waals surface area contributed by atoms with Crippen LogP contribution in [0.4, 0.5) is 5.69 Å². The van der Waals surface area contributed by atoms with Gasteiger partial charge in [-0.1, -0.05) is 53.5 Å². The van der Waals surface area contributed by atoms with Crippen molar-refractivity contribution in [3.63, 3.8) is 0 Å². The normalized spacial score (nSPS) is 11.6. The van der Waals surface area contributed by atoms with Crippen LogP contribution in [0, 0.1) is 0 Å². The van der Waals surface area contributed by atoms with E-state index < -0.39 is 18.0 Å². The van der Waals surface area contributed by atoms with Gasteiger partial charge in [-0.3, -0.25) is 4.79 Å². The van der Waals surface area contributed by atoms with E-state index in [2.05, 4.69) is 5.32 Å². The average molecular weight is 382 g/mol. The van der Waals surface area contributed by atoms with Crippen LogP contribution < -0.4 is 5.32 Å². The maximum atomic E-state index is 12.6. The second-order valence-corrected chi connectivity index (χ2v) is 5.94. The fraction of sp³-hybridized carbons (Fsp3) is 0.222. The SMILES string of the molecule is CCOCC(=O)O[C@H](C(=O)Nc1cc(Cl)cc(Cl)c1)c1ccccc1. The van der Waals surface area contributed by atoms with Gasteiger partial charge in [0.05, 0.1) is 0 Å². The summed E-state index contributed by atoms with van der Waals surface area (Å²) in [5.74, 6) is -1.15. The lowest BCUT2D eigenvalue weighted by atomic mass is 10.1. The highest BCUT2D eigenvalue weighted by Crippen LogP contribution is 2.25. The Kier molecular flexibility index (Phi) is 7.25. The number of anilines is 1. The van der Waals surface area contributed by atoms with Crippen LogP contribution in [-0.2, 0) is 19.1 Å². The van der Waals surface area contributed by atoms with Gasteiger partial charge in [0, 0.05) is 27.9 Å². The molecule has 0 aliphatic heterocycles. The molecule has 25 heavy (non-hydrogen) atoms. The van der Waals surface area contributed by atoms with Gasteiger partial charge in [-0.25, -0.2) is 4.79 Å². The van der Waals surface area contributed by atoms with Crippen molar-refractivity contribution in [3.05, 3.63) is 64.1 Å². The second kappa shape index (κ2) is 9.42. The monoisotopic (exact) mass is 381 g/mol. The van der Waals surface area contributed by atoms with E-state index >= 15 is 0 Å². The number of hydrogen-bond acceptors (Lipinski definition) is 4. The van der Waals surface area contributed by atoms with Gasteiger partial charge in [0.25, 0.3) is 5.91 Å². The Bertz CT molecular complexity index is 717. The molecule has 0 aliphatic rings. The predicted molar refractivity (Wildman–Crippen MR) is 96.9 cm³/mol. The predicted octanol–water partition coefficient (Wildman–Crippen LogP) is 4.25. The fourth-order valence-corrected chi connectivity index (χ4v) is 2.61. The molecule has 0 saturated heterocycles. The zero-order valence-corrected chi connectivity index (χ0v) is 15.0. The molecule has 132 valence electrons. The standard InChI is InChI=1S/C18H17Cl2NO4/c1-2-24-11-16(22)25-17(12-6-4-3-5-7-12)18(23)21-15-9-13(19)8-14(20)10-15/h3-10,17H,2,11H2,1H3,(H,21,23)/t17-/m0/s1. The first-order chi connectivity index (χ1) is 12.0. The first-order valence-electron chi connectivity index (χ1n) is 7.58. The molecule has 0 spiro atoms. The maximum Gasteiger partial charge on any atom is 0.333 e. The lowest BCUT2D eigenvalue weighted by Crippen LogP contribution is -2.27. The highest BCUT2D eigenvalue weighted by Gasteiger charge is 2.25. The Morgan fingerprint density at radius 2 is 1.72 bits per heavy atom. The van der Waals surface area contributed by atoms with E-state index in [-0.39, 0.29) is 6.61 Å². The Labute approximate surface area is 155 Å². The topological polar surface area (TPSA) is 64.6 Å². The van der Waals surface area contributed by atoms with Crippen LogP contribution in [0.5, 0.6) is 0 Å². The van der Waals surface area contributed by atoms with Crippen molar-refractivity contribution in [1.82, 2.24) is 0 Å². The van der Waals surface area contributed by atoms with Gasteiger partial charge in [-0.05, 0) is 25.1 Å². The number of carbonyl (C=O) groups excluding carboxylic acids is 2. The smallest absolute Gasteiger partial charge is 0.333 e. The Hall–Kier alpha value is -2.08. The lowest BCUT2D eigenvalue weighted by Gasteiger charge is -2.18. The van der Waals surface area contributed by atoms with Crippen molar-refractivity contribution in [1.29, 1.82) is 0 Å². The molecule has 0 bridgehead atoms. The maximum absolute atomic E-state index is 12.6. The Morgan fingerprint density at radius 3 is 2.32 bits per heavy atom. The highest BCUT2D eigenvalue weighted by atomic mass is 35.5. The average Bonchev–Trinajstić information content (AvgIpc) is 2.57. The Morgan fingerprint density at radius 1 is 1.08 bits per heavy atom. The molecule has 2 aromatic carbocycles. The summed E-state index contributed by atoms with van der Waals surface area (Å²) in [6, 6.07) is 13.4. The van der Waals surface area contributed by atoms with Crippen LogP contribution in [0.25, 0.3) is 0 Å². The zero-order valence-electron chi connectivity index (χ0n) is 13.5. The molecule has 0 saturated carbocycles. The molecule has 1 amide bonds. The number of rotatable bonds is 7. The molecule has 0 unspecified atom stereocenters. The number of amides is 1. The van der Waals surface area contributed by atoms with E-state index in [0.29, 0.717) is 27.9 Å². The van der Waals surface area contributed by atoms with Crippen LogP contribution in [0.15, 0.2) is 48.5 Å². The van der Waals surface area contributed by atoms with Crippen LogP contribution >= 0.6 is 23.2 Å². The molecule has 0 fully saturated rings. The summed E-state index contributed by atoms with van der Waals surface area (Å²) in [6.45, 7) is 1.91. The van der Waals surface area contributed by atoms with Crippen LogP contribution in [-0.4, -0.2) is 25.1 Å². The lowest BCUT2D eigenvalue weighted by molar-refractivity contribution is -0.159. The number of carbonyl (C=O) groups is 2. The summed E-state index contributed by atoms with van der Waals surface area (Å²) in [7, 11) is 0.